The zero-order chi connectivity index (χ0) is 27.1. The molecule has 0 aliphatic heterocycles. The highest BCUT2D eigenvalue weighted by Gasteiger charge is 2.27. The van der Waals surface area contributed by atoms with Crippen LogP contribution >= 0.6 is 0 Å². The van der Waals surface area contributed by atoms with Crippen molar-refractivity contribution in [2.24, 2.45) is 11.8 Å². The predicted molar refractivity (Wildman–Crippen MR) is 149 cm³/mol. The fourth-order valence-corrected chi connectivity index (χ4v) is 5.50. The number of phenolic OH excluding ortho intramolecular Hbond substituents is 2. The normalized spacial score (nSPS) is 20.9. The Morgan fingerprint density at radius 2 is 1.76 bits per heavy atom. The number of fused-ring (bicyclic) bond motifs is 1. The molecule has 0 heterocycles. The van der Waals surface area contributed by atoms with Crippen molar-refractivity contribution >= 4 is 10.8 Å². The molecule has 0 saturated heterocycles. The van der Waals surface area contributed by atoms with Gasteiger partial charge in [-0.3, -0.25) is 0 Å². The van der Waals surface area contributed by atoms with E-state index in [-0.39, 0.29) is 29.9 Å². The van der Waals surface area contributed by atoms with Crippen LogP contribution in [0.5, 0.6) is 17.2 Å². The maximum atomic E-state index is 11.2. The van der Waals surface area contributed by atoms with E-state index in [1.54, 1.807) is 18.2 Å². The van der Waals surface area contributed by atoms with Gasteiger partial charge in [0.15, 0.2) is 11.5 Å². The minimum Gasteiger partial charge on any atom is -0.508 e. The maximum Gasteiger partial charge on any atom is 0.168 e. The molecule has 0 fully saturated rings. The molecule has 0 saturated carbocycles. The highest BCUT2D eigenvalue weighted by molar-refractivity contribution is 5.90. The highest BCUT2D eigenvalue weighted by atomic mass is 16.5. The minimum atomic E-state index is -0.748. The van der Waals surface area contributed by atoms with Crippen LogP contribution < -0.4 is 4.74 Å². The maximum absolute atomic E-state index is 11.2. The number of phenols is 2. The van der Waals surface area contributed by atoms with Gasteiger partial charge in [-0.25, -0.2) is 0 Å². The fraction of sp³-hybridized carbons (Fsp3) is 0.438. The third kappa shape index (κ3) is 6.60. The second-order valence-electron chi connectivity index (χ2n) is 10.3. The van der Waals surface area contributed by atoms with E-state index in [0.29, 0.717) is 37.9 Å². The van der Waals surface area contributed by atoms with E-state index in [0.717, 1.165) is 46.7 Å². The molecule has 38 heavy (non-hydrogen) atoms. The molecule has 202 valence electrons. The number of hydrogen-bond donors (Lipinski definition) is 5. The number of rotatable bonds is 8. The zero-order valence-electron chi connectivity index (χ0n) is 21.9. The zero-order valence-corrected chi connectivity index (χ0v) is 21.9. The van der Waals surface area contributed by atoms with Crippen LogP contribution in [-0.4, -0.2) is 51.5 Å². The minimum absolute atomic E-state index is 0.0352. The molecular formula is C32H38O6. The van der Waals surface area contributed by atoms with Crippen molar-refractivity contribution in [1.82, 2.24) is 0 Å². The first kappa shape index (κ1) is 27.8. The Labute approximate surface area is 224 Å². The van der Waals surface area contributed by atoms with E-state index < -0.39 is 12.2 Å². The van der Waals surface area contributed by atoms with E-state index in [2.05, 4.69) is 11.8 Å². The quantitative estimate of drug-likeness (QED) is 0.264. The van der Waals surface area contributed by atoms with Gasteiger partial charge in [0, 0.05) is 30.4 Å². The SMILES string of the molecule is COc1c(O)ccc(CC[C@@H](O)[C@@H]2CC#C[C@H](CCO)CCCC[C@@H]2O)c1-c1ccc2cc(O)ccc2c1. The molecule has 5 N–H and O–H groups in total. The first-order chi connectivity index (χ1) is 18.4. The summed E-state index contributed by atoms with van der Waals surface area (Å²) in [6.07, 6.45) is 4.00. The molecular weight excluding hydrogens is 480 g/mol. The number of ether oxygens (including phenoxy) is 1. The van der Waals surface area contributed by atoms with Crippen LogP contribution in [0.3, 0.4) is 0 Å². The van der Waals surface area contributed by atoms with Crippen molar-refractivity contribution in [1.29, 1.82) is 0 Å². The van der Waals surface area contributed by atoms with Crippen LogP contribution in [0.1, 0.15) is 50.5 Å². The van der Waals surface area contributed by atoms with Gasteiger partial charge in [-0.15, -0.1) is 5.92 Å². The lowest BCUT2D eigenvalue weighted by Crippen LogP contribution is -2.32. The predicted octanol–water partition coefficient (Wildman–Crippen LogP) is 5.16. The molecule has 6 heteroatoms. The molecule has 3 aromatic carbocycles. The number of methoxy groups -OCH3 is 1. The molecule has 0 bridgehead atoms. The van der Waals surface area contributed by atoms with E-state index in [4.69, 9.17) is 4.74 Å². The fourth-order valence-electron chi connectivity index (χ4n) is 5.50. The van der Waals surface area contributed by atoms with Gasteiger partial charge in [0.05, 0.1) is 19.3 Å². The van der Waals surface area contributed by atoms with Crippen molar-refractivity contribution in [2.45, 2.75) is 63.6 Å². The van der Waals surface area contributed by atoms with Crippen molar-refractivity contribution < 1.29 is 30.3 Å². The molecule has 0 spiro atoms. The molecule has 3 aromatic rings. The average Bonchev–Trinajstić information content (AvgIpc) is 2.91. The molecule has 4 rings (SSSR count). The summed E-state index contributed by atoms with van der Waals surface area (Å²) in [7, 11) is 1.52. The lowest BCUT2D eigenvalue weighted by atomic mass is 9.84. The second kappa shape index (κ2) is 13.0. The van der Waals surface area contributed by atoms with Gasteiger partial charge >= 0.3 is 0 Å². The first-order valence-corrected chi connectivity index (χ1v) is 13.5. The summed E-state index contributed by atoms with van der Waals surface area (Å²) in [5, 5.41) is 53.6. The molecule has 4 atom stereocenters. The van der Waals surface area contributed by atoms with Crippen LogP contribution in [0, 0.1) is 23.7 Å². The Morgan fingerprint density at radius 1 is 1.00 bits per heavy atom. The number of hydrogen-bond acceptors (Lipinski definition) is 6. The van der Waals surface area contributed by atoms with Crippen molar-refractivity contribution in [3.63, 3.8) is 0 Å². The van der Waals surface area contributed by atoms with Gasteiger partial charge in [-0.05, 0) is 78.3 Å². The van der Waals surface area contributed by atoms with Gasteiger partial charge in [-0.2, -0.15) is 0 Å². The van der Waals surface area contributed by atoms with Gasteiger partial charge in [0.2, 0.25) is 0 Å². The van der Waals surface area contributed by atoms with Crippen molar-refractivity contribution in [2.75, 3.05) is 13.7 Å². The molecule has 0 unspecified atom stereocenters. The molecule has 0 radical (unpaired) electrons. The second-order valence-corrected chi connectivity index (χ2v) is 10.3. The Kier molecular flexibility index (Phi) is 9.52. The lowest BCUT2D eigenvalue weighted by Gasteiger charge is -2.27. The third-order valence-corrected chi connectivity index (χ3v) is 7.66. The Balaban J connectivity index is 1.59. The van der Waals surface area contributed by atoms with Crippen LogP contribution in [-0.2, 0) is 6.42 Å². The molecule has 6 nitrogen and oxygen atoms in total. The highest BCUT2D eigenvalue weighted by Crippen LogP contribution is 2.42. The van der Waals surface area contributed by atoms with E-state index >= 15 is 0 Å². The number of benzene rings is 3. The van der Waals surface area contributed by atoms with Crippen molar-refractivity contribution in [3.05, 3.63) is 54.1 Å². The summed E-state index contributed by atoms with van der Waals surface area (Å²) in [6, 6.07) is 14.5. The monoisotopic (exact) mass is 518 g/mol. The van der Waals surface area contributed by atoms with Crippen molar-refractivity contribution in [3.8, 4) is 40.2 Å². The summed E-state index contributed by atoms with van der Waals surface area (Å²) in [5.74, 6) is 6.84. The third-order valence-electron chi connectivity index (χ3n) is 7.66. The summed E-state index contributed by atoms with van der Waals surface area (Å²) in [6.45, 7) is 0.117. The number of aryl methyl sites for hydroxylation is 1. The summed E-state index contributed by atoms with van der Waals surface area (Å²) in [5.41, 5.74) is 2.54. The molecule has 0 amide bonds. The molecule has 0 aromatic heterocycles. The van der Waals surface area contributed by atoms with Crippen LogP contribution in [0.25, 0.3) is 21.9 Å². The Morgan fingerprint density at radius 3 is 2.55 bits per heavy atom. The number of aliphatic hydroxyl groups excluding tert-OH is 3. The van der Waals surface area contributed by atoms with Gasteiger partial charge < -0.3 is 30.3 Å². The van der Waals surface area contributed by atoms with Crippen LogP contribution in [0.15, 0.2) is 48.5 Å². The number of aliphatic hydroxyl groups is 3. The Bertz CT molecular complexity index is 1290. The summed E-state index contributed by atoms with van der Waals surface area (Å²) in [4.78, 5) is 0. The van der Waals surface area contributed by atoms with Gasteiger partial charge in [0.1, 0.15) is 5.75 Å². The molecule has 1 aliphatic carbocycles. The van der Waals surface area contributed by atoms with Crippen LogP contribution in [0.2, 0.25) is 0 Å². The summed E-state index contributed by atoms with van der Waals surface area (Å²) >= 11 is 0. The van der Waals surface area contributed by atoms with Gasteiger partial charge in [-0.1, -0.05) is 43.0 Å². The Hall–Kier alpha value is -3.24. The van der Waals surface area contributed by atoms with E-state index in [1.807, 2.05) is 30.3 Å². The topological polar surface area (TPSA) is 110 Å². The number of aromatic hydroxyl groups is 2. The van der Waals surface area contributed by atoms with Gasteiger partial charge in [0.25, 0.3) is 0 Å². The first-order valence-electron chi connectivity index (χ1n) is 13.5. The lowest BCUT2D eigenvalue weighted by molar-refractivity contribution is 0.00557. The average molecular weight is 519 g/mol. The summed E-state index contributed by atoms with van der Waals surface area (Å²) < 4.78 is 5.60. The smallest absolute Gasteiger partial charge is 0.168 e. The standard InChI is InChI=1S/C32H38O6/c1-38-32-30(37)16-13-22(31(32)25-10-9-24-20-26(34)14-11-23(24)19-25)12-15-29(36)27-7-4-6-21(17-18-33)5-2-3-8-28(27)35/h9-11,13-14,16,19-21,27-29,33-37H,2-3,5,7-8,12,15,17-18H2,1H3/t21-,27-,28+,29-/m1/s1. The largest absolute Gasteiger partial charge is 0.508 e. The van der Waals surface area contributed by atoms with Crippen LogP contribution in [0.4, 0.5) is 0 Å². The van der Waals surface area contributed by atoms with E-state index in [1.165, 1.54) is 7.11 Å². The van der Waals surface area contributed by atoms with E-state index in [9.17, 15) is 25.5 Å². The molecule has 1 aliphatic rings.